The lowest BCUT2D eigenvalue weighted by atomic mass is 9.78. The van der Waals surface area contributed by atoms with Gasteiger partial charge in [-0.15, -0.1) is 6.42 Å². The predicted molar refractivity (Wildman–Crippen MR) is 77.7 cm³/mol. The van der Waals surface area contributed by atoms with Gasteiger partial charge in [0.2, 0.25) is 0 Å². The van der Waals surface area contributed by atoms with E-state index in [1.165, 1.54) is 18.2 Å². The number of benzene rings is 1. The highest BCUT2D eigenvalue weighted by atomic mass is 79.9. The molecule has 1 aromatic rings. The number of carbonyl (C=O) groups excluding carboxylic acids is 1. The van der Waals surface area contributed by atoms with Crippen LogP contribution in [0.1, 0.15) is 17.5 Å². The van der Waals surface area contributed by atoms with Crippen molar-refractivity contribution in [2.75, 3.05) is 13.7 Å². The zero-order valence-corrected chi connectivity index (χ0v) is 12.4. The van der Waals surface area contributed by atoms with E-state index in [1.54, 1.807) is 0 Å². The van der Waals surface area contributed by atoms with Gasteiger partial charge in [0, 0.05) is 10.9 Å². The molecule has 0 aromatic heterocycles. The Balaban J connectivity index is 2.31. The van der Waals surface area contributed by atoms with Crippen LogP contribution in [0.5, 0.6) is 0 Å². The lowest BCUT2D eigenvalue weighted by Gasteiger charge is -2.36. The number of hydrogen-bond acceptors (Lipinski definition) is 3. The molecule has 1 atom stereocenters. The van der Waals surface area contributed by atoms with Crippen LogP contribution in [0, 0.1) is 12.3 Å². The number of hydrogen-bond donors (Lipinski definition) is 1. The number of carbonyl (C=O) groups is 1. The number of esters is 1. The summed E-state index contributed by atoms with van der Waals surface area (Å²) in [5.74, 6) is 2.29. The summed E-state index contributed by atoms with van der Waals surface area (Å²) >= 11 is 3.47. The third-order valence-electron chi connectivity index (χ3n) is 3.59. The van der Waals surface area contributed by atoms with Crippen LogP contribution in [-0.4, -0.2) is 25.2 Å². The van der Waals surface area contributed by atoms with Crippen LogP contribution in [0.25, 0.3) is 0 Å². The third-order valence-corrected chi connectivity index (χ3v) is 4.08. The van der Waals surface area contributed by atoms with E-state index in [0.29, 0.717) is 19.4 Å². The Bertz CT molecular complexity index is 535. The summed E-state index contributed by atoms with van der Waals surface area (Å²) in [5, 5.41) is 3.17. The number of terminal acetylenes is 1. The highest BCUT2D eigenvalue weighted by Gasteiger charge is 2.41. The van der Waals surface area contributed by atoms with E-state index in [1.807, 2.05) is 12.1 Å². The Morgan fingerprint density at radius 1 is 1.58 bits per heavy atom. The number of ether oxygens (including phenoxy) is 1. The fourth-order valence-corrected chi connectivity index (χ4v) is 2.98. The number of halogens is 1. The van der Waals surface area contributed by atoms with E-state index >= 15 is 0 Å². The van der Waals surface area contributed by atoms with E-state index in [4.69, 9.17) is 11.2 Å². The molecule has 1 aliphatic carbocycles. The Morgan fingerprint density at radius 2 is 2.37 bits per heavy atom. The normalized spacial score (nSPS) is 21.3. The van der Waals surface area contributed by atoms with Crippen LogP contribution < -0.4 is 5.32 Å². The Morgan fingerprint density at radius 3 is 3.05 bits per heavy atom. The average molecular weight is 322 g/mol. The molecular weight excluding hydrogens is 306 g/mol. The molecular formula is C15H16BrNO2. The molecule has 19 heavy (non-hydrogen) atoms. The SMILES string of the molecule is C#CCNC1(C(=O)OC)CCc2cc(Br)ccc2C1. The first-order valence-corrected chi connectivity index (χ1v) is 6.95. The summed E-state index contributed by atoms with van der Waals surface area (Å²) in [6.45, 7) is 0.362. The maximum Gasteiger partial charge on any atom is 0.326 e. The van der Waals surface area contributed by atoms with Crippen LogP contribution in [0.4, 0.5) is 0 Å². The van der Waals surface area contributed by atoms with Crippen molar-refractivity contribution in [3.8, 4) is 12.3 Å². The van der Waals surface area contributed by atoms with Gasteiger partial charge in [-0.25, -0.2) is 0 Å². The average Bonchev–Trinajstić information content (AvgIpc) is 2.44. The maximum atomic E-state index is 12.1. The van der Waals surface area contributed by atoms with Crippen molar-refractivity contribution in [1.29, 1.82) is 0 Å². The van der Waals surface area contributed by atoms with E-state index < -0.39 is 5.54 Å². The first kappa shape index (κ1) is 14.1. The van der Waals surface area contributed by atoms with Crippen LogP contribution in [0.3, 0.4) is 0 Å². The van der Waals surface area contributed by atoms with Crippen molar-refractivity contribution in [2.24, 2.45) is 0 Å². The minimum Gasteiger partial charge on any atom is -0.468 e. The van der Waals surface area contributed by atoms with Crippen molar-refractivity contribution in [3.63, 3.8) is 0 Å². The molecule has 0 fully saturated rings. The second kappa shape index (κ2) is 5.77. The molecule has 0 saturated heterocycles. The minimum atomic E-state index is -0.693. The number of aryl methyl sites for hydroxylation is 1. The molecule has 100 valence electrons. The van der Waals surface area contributed by atoms with Crippen LogP contribution in [-0.2, 0) is 22.4 Å². The molecule has 4 heteroatoms. The number of nitrogens with one attached hydrogen (secondary N) is 1. The van der Waals surface area contributed by atoms with E-state index in [2.05, 4.69) is 33.2 Å². The molecule has 0 saturated carbocycles. The highest BCUT2D eigenvalue weighted by Crippen LogP contribution is 2.31. The van der Waals surface area contributed by atoms with Crippen molar-refractivity contribution < 1.29 is 9.53 Å². The van der Waals surface area contributed by atoms with Gasteiger partial charge in [-0.05, 0) is 36.1 Å². The van der Waals surface area contributed by atoms with Gasteiger partial charge in [-0.2, -0.15) is 0 Å². The Hall–Kier alpha value is -1.31. The van der Waals surface area contributed by atoms with E-state index in [9.17, 15) is 4.79 Å². The molecule has 0 aliphatic heterocycles. The molecule has 0 bridgehead atoms. The summed E-state index contributed by atoms with van der Waals surface area (Å²) in [7, 11) is 1.42. The van der Waals surface area contributed by atoms with Gasteiger partial charge < -0.3 is 4.74 Å². The van der Waals surface area contributed by atoms with Crippen molar-refractivity contribution in [1.82, 2.24) is 5.32 Å². The topological polar surface area (TPSA) is 38.3 Å². The smallest absolute Gasteiger partial charge is 0.326 e. The molecule has 0 radical (unpaired) electrons. The Labute approximate surface area is 121 Å². The zero-order valence-electron chi connectivity index (χ0n) is 10.8. The first-order chi connectivity index (χ1) is 9.11. The fourth-order valence-electron chi connectivity index (χ4n) is 2.57. The van der Waals surface area contributed by atoms with Gasteiger partial charge >= 0.3 is 5.97 Å². The molecule has 1 aliphatic rings. The number of fused-ring (bicyclic) bond motifs is 1. The monoisotopic (exact) mass is 321 g/mol. The quantitative estimate of drug-likeness (QED) is 0.684. The highest BCUT2D eigenvalue weighted by molar-refractivity contribution is 9.10. The van der Waals surface area contributed by atoms with Gasteiger partial charge in [0.05, 0.1) is 13.7 Å². The van der Waals surface area contributed by atoms with Gasteiger partial charge in [-0.3, -0.25) is 10.1 Å². The fraction of sp³-hybridized carbons (Fsp3) is 0.400. The van der Waals surface area contributed by atoms with Crippen LogP contribution in [0.15, 0.2) is 22.7 Å². The Kier molecular flexibility index (Phi) is 4.28. The molecule has 3 nitrogen and oxygen atoms in total. The lowest BCUT2D eigenvalue weighted by molar-refractivity contribution is -0.149. The largest absolute Gasteiger partial charge is 0.468 e. The summed E-state index contributed by atoms with van der Waals surface area (Å²) in [5.41, 5.74) is 1.75. The summed E-state index contributed by atoms with van der Waals surface area (Å²) in [6.07, 6.45) is 7.44. The van der Waals surface area contributed by atoms with Gasteiger partial charge in [0.1, 0.15) is 5.54 Å². The lowest BCUT2D eigenvalue weighted by Crippen LogP contribution is -2.56. The summed E-state index contributed by atoms with van der Waals surface area (Å²) in [4.78, 5) is 12.1. The molecule has 0 spiro atoms. The van der Waals surface area contributed by atoms with Gasteiger partial charge in [-0.1, -0.05) is 27.9 Å². The molecule has 1 unspecified atom stereocenters. The summed E-state index contributed by atoms with van der Waals surface area (Å²) in [6, 6.07) is 6.15. The minimum absolute atomic E-state index is 0.240. The molecule has 0 amide bonds. The van der Waals surface area contributed by atoms with Gasteiger partial charge in [0.25, 0.3) is 0 Å². The molecule has 1 N–H and O–H groups in total. The molecule has 0 heterocycles. The van der Waals surface area contributed by atoms with E-state index in [0.717, 1.165) is 10.9 Å². The van der Waals surface area contributed by atoms with Crippen LogP contribution >= 0.6 is 15.9 Å². The van der Waals surface area contributed by atoms with Crippen molar-refractivity contribution in [2.45, 2.75) is 24.8 Å². The second-order valence-corrected chi connectivity index (χ2v) is 5.64. The van der Waals surface area contributed by atoms with E-state index in [-0.39, 0.29) is 5.97 Å². The zero-order chi connectivity index (χ0) is 13.9. The third kappa shape index (κ3) is 2.83. The molecule has 1 aromatic carbocycles. The second-order valence-electron chi connectivity index (χ2n) is 4.72. The maximum absolute atomic E-state index is 12.1. The number of rotatable bonds is 3. The first-order valence-electron chi connectivity index (χ1n) is 6.15. The van der Waals surface area contributed by atoms with Crippen molar-refractivity contribution >= 4 is 21.9 Å². The van der Waals surface area contributed by atoms with Crippen LogP contribution in [0.2, 0.25) is 0 Å². The standard InChI is InChI=1S/C15H16BrNO2/c1-3-8-17-15(14(18)19-2)7-6-11-9-13(16)5-4-12(11)10-15/h1,4-5,9,17H,6-8,10H2,2H3. The van der Waals surface area contributed by atoms with Crippen molar-refractivity contribution in [3.05, 3.63) is 33.8 Å². The number of methoxy groups -OCH3 is 1. The summed E-state index contributed by atoms with van der Waals surface area (Å²) < 4.78 is 6.01. The van der Waals surface area contributed by atoms with Gasteiger partial charge in [0.15, 0.2) is 0 Å². The predicted octanol–water partition coefficient (Wildman–Crippen LogP) is 2.07. The molecule has 2 rings (SSSR count).